The zero-order valence-electron chi connectivity index (χ0n) is 15.1. The molecule has 0 saturated carbocycles. The molecule has 0 spiro atoms. The van der Waals surface area contributed by atoms with Gasteiger partial charge in [0.2, 0.25) is 5.91 Å². The molecule has 0 bridgehead atoms. The van der Waals surface area contributed by atoms with Crippen LogP contribution in [0, 0.1) is 5.82 Å². The number of carbonyl (C=O) groups is 2. The van der Waals surface area contributed by atoms with Gasteiger partial charge in [0.25, 0.3) is 0 Å². The maximum atomic E-state index is 13.9. The third-order valence-corrected chi connectivity index (χ3v) is 3.87. The lowest BCUT2D eigenvalue weighted by molar-refractivity contribution is -0.142. The lowest BCUT2D eigenvalue weighted by Gasteiger charge is -2.16. The van der Waals surface area contributed by atoms with Crippen molar-refractivity contribution in [3.8, 4) is 17.2 Å². The van der Waals surface area contributed by atoms with Crippen molar-refractivity contribution in [2.75, 3.05) is 21.3 Å². The molecule has 1 unspecified atom stereocenters. The quantitative estimate of drug-likeness (QED) is 0.733. The fourth-order valence-electron chi connectivity index (χ4n) is 2.54. The number of hydrogen-bond acceptors (Lipinski definition) is 5. The Bertz CT molecular complexity index is 839. The predicted octanol–water partition coefficient (Wildman–Crippen LogP) is 2.34. The number of rotatable bonds is 8. The Morgan fingerprint density at radius 1 is 1.00 bits per heavy atom. The molecule has 8 heteroatoms. The standard InChI is InChI=1S/C19H20FNO6/c1-25-14-7-5-12(10-13(14)20)18(19(23)24)21-17(22)9-11-4-6-15(26-2)16(8-11)27-3/h4-8,10,18H,9H2,1-3H3,(H,21,22)(H,23,24). The molecule has 144 valence electrons. The Labute approximate surface area is 155 Å². The van der Waals surface area contributed by atoms with Gasteiger partial charge in [-0.2, -0.15) is 0 Å². The number of carbonyl (C=O) groups excluding carboxylic acids is 1. The lowest BCUT2D eigenvalue weighted by Crippen LogP contribution is -2.34. The third-order valence-electron chi connectivity index (χ3n) is 3.87. The number of halogens is 1. The second-order valence-electron chi connectivity index (χ2n) is 5.60. The molecule has 0 aliphatic rings. The van der Waals surface area contributed by atoms with Gasteiger partial charge in [0.15, 0.2) is 29.1 Å². The van der Waals surface area contributed by atoms with Crippen molar-refractivity contribution in [1.29, 1.82) is 0 Å². The summed E-state index contributed by atoms with van der Waals surface area (Å²) >= 11 is 0. The van der Waals surface area contributed by atoms with Gasteiger partial charge < -0.3 is 24.6 Å². The fourth-order valence-corrected chi connectivity index (χ4v) is 2.54. The molecule has 2 aromatic rings. The first kappa shape index (κ1) is 20.0. The van der Waals surface area contributed by atoms with Crippen LogP contribution in [-0.2, 0) is 16.0 Å². The Kier molecular flexibility index (Phi) is 6.59. The van der Waals surface area contributed by atoms with Gasteiger partial charge in [-0.05, 0) is 35.4 Å². The Morgan fingerprint density at radius 2 is 1.63 bits per heavy atom. The number of aliphatic carboxylic acids is 1. The van der Waals surface area contributed by atoms with E-state index in [0.29, 0.717) is 17.1 Å². The summed E-state index contributed by atoms with van der Waals surface area (Å²) in [7, 11) is 4.27. The van der Waals surface area contributed by atoms with Crippen molar-refractivity contribution in [2.24, 2.45) is 0 Å². The molecule has 0 aliphatic carbocycles. The number of ether oxygens (including phenoxy) is 3. The van der Waals surface area contributed by atoms with Crippen LogP contribution in [0.5, 0.6) is 17.2 Å². The minimum absolute atomic E-state index is 0.0143. The van der Waals surface area contributed by atoms with Crippen molar-refractivity contribution in [1.82, 2.24) is 5.32 Å². The van der Waals surface area contributed by atoms with Crippen LogP contribution in [0.1, 0.15) is 17.2 Å². The first-order valence-corrected chi connectivity index (χ1v) is 7.96. The largest absolute Gasteiger partial charge is 0.494 e. The second-order valence-corrected chi connectivity index (χ2v) is 5.60. The van der Waals surface area contributed by atoms with E-state index >= 15 is 0 Å². The molecule has 0 radical (unpaired) electrons. The van der Waals surface area contributed by atoms with Crippen molar-refractivity contribution in [2.45, 2.75) is 12.5 Å². The minimum Gasteiger partial charge on any atom is -0.494 e. The first-order valence-electron chi connectivity index (χ1n) is 7.96. The molecule has 2 rings (SSSR count). The molecule has 0 aromatic heterocycles. The van der Waals surface area contributed by atoms with Crippen molar-refractivity contribution >= 4 is 11.9 Å². The molecule has 0 fully saturated rings. The molecule has 0 heterocycles. The molecule has 0 aliphatic heterocycles. The normalized spacial score (nSPS) is 11.4. The van der Waals surface area contributed by atoms with Gasteiger partial charge >= 0.3 is 5.97 Å². The van der Waals surface area contributed by atoms with Crippen LogP contribution in [0.4, 0.5) is 4.39 Å². The highest BCUT2D eigenvalue weighted by atomic mass is 19.1. The summed E-state index contributed by atoms with van der Waals surface area (Å²) in [6, 6.07) is 7.27. The molecular formula is C19H20FNO6. The second kappa shape index (κ2) is 8.88. The zero-order chi connectivity index (χ0) is 20.0. The molecule has 1 atom stereocenters. The van der Waals surface area contributed by atoms with E-state index in [9.17, 15) is 19.1 Å². The Morgan fingerprint density at radius 3 is 2.19 bits per heavy atom. The highest BCUT2D eigenvalue weighted by Crippen LogP contribution is 2.28. The molecule has 27 heavy (non-hydrogen) atoms. The van der Waals surface area contributed by atoms with Gasteiger partial charge in [0.1, 0.15) is 0 Å². The average molecular weight is 377 g/mol. The summed E-state index contributed by atoms with van der Waals surface area (Å²) in [5, 5.41) is 11.8. The summed E-state index contributed by atoms with van der Waals surface area (Å²) in [5.41, 5.74) is 0.705. The van der Waals surface area contributed by atoms with E-state index in [1.54, 1.807) is 18.2 Å². The van der Waals surface area contributed by atoms with Crippen LogP contribution in [0.2, 0.25) is 0 Å². The minimum atomic E-state index is -1.39. The van der Waals surface area contributed by atoms with E-state index in [-0.39, 0.29) is 17.7 Å². The summed E-state index contributed by atoms with van der Waals surface area (Å²) in [4.78, 5) is 23.8. The van der Waals surface area contributed by atoms with Gasteiger partial charge in [0, 0.05) is 0 Å². The third kappa shape index (κ3) is 4.87. The maximum absolute atomic E-state index is 13.9. The molecule has 2 N–H and O–H groups in total. The number of amides is 1. The molecule has 1 amide bonds. The number of hydrogen-bond donors (Lipinski definition) is 2. The highest BCUT2D eigenvalue weighted by Gasteiger charge is 2.23. The summed E-state index contributed by atoms with van der Waals surface area (Å²) in [6.07, 6.45) is -0.0806. The van der Waals surface area contributed by atoms with E-state index in [1.807, 2.05) is 0 Å². The number of carboxylic acids is 1. The van der Waals surface area contributed by atoms with Gasteiger partial charge in [-0.25, -0.2) is 9.18 Å². The Hall–Kier alpha value is -3.29. The van der Waals surface area contributed by atoms with Crippen LogP contribution >= 0.6 is 0 Å². The number of nitrogens with one attached hydrogen (secondary N) is 1. The van der Waals surface area contributed by atoms with Gasteiger partial charge in [0.05, 0.1) is 27.8 Å². The van der Waals surface area contributed by atoms with Crippen molar-refractivity contribution in [3.05, 3.63) is 53.3 Å². The molecule has 2 aromatic carbocycles. The SMILES string of the molecule is COc1ccc(C(NC(=O)Cc2ccc(OC)c(OC)c2)C(=O)O)cc1F. The van der Waals surface area contributed by atoms with Gasteiger partial charge in [-0.15, -0.1) is 0 Å². The monoisotopic (exact) mass is 377 g/mol. The van der Waals surface area contributed by atoms with Crippen LogP contribution in [0.3, 0.4) is 0 Å². The Balaban J connectivity index is 2.16. The van der Waals surface area contributed by atoms with E-state index in [2.05, 4.69) is 5.32 Å². The summed E-state index contributed by atoms with van der Waals surface area (Å²) < 4.78 is 29.0. The van der Waals surface area contributed by atoms with E-state index in [0.717, 1.165) is 6.07 Å². The number of carboxylic acid groups (broad SMARTS) is 1. The highest BCUT2D eigenvalue weighted by molar-refractivity contribution is 5.85. The van der Waals surface area contributed by atoms with Crippen LogP contribution in [-0.4, -0.2) is 38.3 Å². The predicted molar refractivity (Wildman–Crippen MR) is 94.7 cm³/mol. The smallest absolute Gasteiger partial charge is 0.330 e. The van der Waals surface area contributed by atoms with E-state index in [4.69, 9.17) is 14.2 Å². The van der Waals surface area contributed by atoms with E-state index < -0.39 is 23.7 Å². The van der Waals surface area contributed by atoms with Crippen LogP contribution in [0.15, 0.2) is 36.4 Å². The first-order chi connectivity index (χ1) is 12.9. The van der Waals surface area contributed by atoms with Gasteiger partial charge in [-0.1, -0.05) is 12.1 Å². The number of benzene rings is 2. The topological polar surface area (TPSA) is 94.1 Å². The maximum Gasteiger partial charge on any atom is 0.330 e. The van der Waals surface area contributed by atoms with Crippen molar-refractivity contribution < 1.29 is 33.3 Å². The summed E-state index contributed by atoms with van der Waals surface area (Å²) in [6.45, 7) is 0. The van der Waals surface area contributed by atoms with Gasteiger partial charge in [-0.3, -0.25) is 4.79 Å². The summed E-state index contributed by atoms with van der Waals surface area (Å²) in [5.74, 6) is -1.60. The van der Waals surface area contributed by atoms with Crippen molar-refractivity contribution in [3.63, 3.8) is 0 Å². The number of methoxy groups -OCH3 is 3. The van der Waals surface area contributed by atoms with E-state index in [1.165, 1.54) is 33.5 Å². The lowest BCUT2D eigenvalue weighted by atomic mass is 10.1. The van der Waals surface area contributed by atoms with Crippen LogP contribution < -0.4 is 19.5 Å². The molecule has 0 saturated heterocycles. The molecular weight excluding hydrogens is 357 g/mol. The molecule has 7 nitrogen and oxygen atoms in total. The average Bonchev–Trinajstić information content (AvgIpc) is 2.65. The fraction of sp³-hybridized carbons (Fsp3) is 0.263. The van der Waals surface area contributed by atoms with Crippen LogP contribution in [0.25, 0.3) is 0 Å². The zero-order valence-corrected chi connectivity index (χ0v) is 15.1.